The van der Waals surface area contributed by atoms with Gasteiger partial charge in [-0.3, -0.25) is 19.1 Å². The lowest BCUT2D eigenvalue weighted by atomic mass is 9.98. The lowest BCUT2D eigenvalue weighted by molar-refractivity contribution is -0.142. The van der Waals surface area contributed by atoms with Crippen molar-refractivity contribution in [1.82, 2.24) is 9.55 Å². The van der Waals surface area contributed by atoms with E-state index < -0.39 is 12.0 Å². The van der Waals surface area contributed by atoms with E-state index in [1.807, 2.05) is 42.5 Å². The molecule has 2 N–H and O–H groups in total. The zero-order valence-electron chi connectivity index (χ0n) is 15.3. The summed E-state index contributed by atoms with van der Waals surface area (Å²) in [6.45, 7) is 0. The van der Waals surface area contributed by atoms with Gasteiger partial charge >= 0.3 is 5.97 Å². The zero-order valence-corrected chi connectivity index (χ0v) is 15.3. The molecule has 0 saturated heterocycles. The van der Waals surface area contributed by atoms with Crippen LogP contribution >= 0.6 is 0 Å². The van der Waals surface area contributed by atoms with Crippen LogP contribution in [0.15, 0.2) is 71.8 Å². The Morgan fingerprint density at radius 2 is 1.89 bits per heavy atom. The second-order valence-electron chi connectivity index (χ2n) is 6.56. The van der Waals surface area contributed by atoms with Crippen LogP contribution < -0.4 is 11.3 Å². The molecule has 0 aliphatic rings. The first kappa shape index (κ1) is 17.9. The van der Waals surface area contributed by atoms with Crippen molar-refractivity contribution in [1.29, 1.82) is 0 Å². The molecule has 2 aromatic heterocycles. The van der Waals surface area contributed by atoms with Crippen molar-refractivity contribution >= 4 is 27.6 Å². The van der Waals surface area contributed by atoms with Crippen LogP contribution in [0.4, 0.5) is 0 Å². The Labute approximate surface area is 161 Å². The van der Waals surface area contributed by atoms with Crippen LogP contribution in [0.1, 0.15) is 5.56 Å². The Balaban J connectivity index is 1.94. The Hall–Kier alpha value is -3.51. The molecule has 0 radical (unpaired) electrons. The number of ether oxygens (including phenoxy) is 1. The van der Waals surface area contributed by atoms with E-state index in [1.54, 1.807) is 29.1 Å². The molecule has 2 heterocycles. The van der Waals surface area contributed by atoms with Crippen molar-refractivity contribution in [2.75, 3.05) is 7.11 Å². The minimum absolute atomic E-state index is 0.122. The van der Waals surface area contributed by atoms with Crippen LogP contribution in [0.2, 0.25) is 0 Å². The second kappa shape index (κ2) is 7.25. The molecular formula is C22H19N3O3. The minimum atomic E-state index is -0.745. The first-order valence-electron chi connectivity index (χ1n) is 8.90. The SMILES string of the molecule is COC(=O)[C@@H](N)Cc1cccc2c(-n3c(=O)ccc4cnccc43)cccc12. The summed E-state index contributed by atoms with van der Waals surface area (Å²) in [4.78, 5) is 28.6. The third kappa shape index (κ3) is 3.04. The number of carbonyl (C=O) groups excluding carboxylic acids is 1. The van der Waals surface area contributed by atoms with Gasteiger partial charge in [-0.25, -0.2) is 0 Å². The zero-order chi connectivity index (χ0) is 19.7. The fourth-order valence-electron chi connectivity index (χ4n) is 3.54. The normalized spacial score (nSPS) is 12.2. The number of rotatable bonds is 4. The summed E-state index contributed by atoms with van der Waals surface area (Å²) in [6.07, 6.45) is 3.75. The van der Waals surface area contributed by atoms with Crippen LogP contribution in [0.3, 0.4) is 0 Å². The summed E-state index contributed by atoms with van der Waals surface area (Å²) in [5.74, 6) is -0.453. The van der Waals surface area contributed by atoms with Gasteiger partial charge in [-0.05, 0) is 35.6 Å². The number of esters is 1. The van der Waals surface area contributed by atoms with Crippen LogP contribution in [0.25, 0.3) is 27.4 Å². The van der Waals surface area contributed by atoms with Gasteiger partial charge in [-0.2, -0.15) is 0 Å². The van der Waals surface area contributed by atoms with Gasteiger partial charge in [0.2, 0.25) is 0 Å². The van der Waals surface area contributed by atoms with E-state index in [-0.39, 0.29) is 5.56 Å². The molecular weight excluding hydrogens is 354 g/mol. The highest BCUT2D eigenvalue weighted by atomic mass is 16.5. The molecule has 6 heteroatoms. The summed E-state index contributed by atoms with van der Waals surface area (Å²) >= 11 is 0. The van der Waals surface area contributed by atoms with Crippen molar-refractivity contribution in [3.63, 3.8) is 0 Å². The maximum absolute atomic E-state index is 12.7. The largest absolute Gasteiger partial charge is 0.468 e. The van der Waals surface area contributed by atoms with Crippen LogP contribution in [-0.2, 0) is 16.0 Å². The lowest BCUT2D eigenvalue weighted by Crippen LogP contribution is -2.33. The average molecular weight is 373 g/mol. The highest BCUT2D eigenvalue weighted by Crippen LogP contribution is 2.27. The molecule has 2 aromatic carbocycles. The standard InChI is InChI=1S/C22H19N3O3/c1-28-22(27)18(23)12-14-4-2-6-17-16(14)5-3-7-20(17)25-19-10-11-24-13-15(19)8-9-21(25)26/h2-11,13,18H,12,23H2,1H3/t18-/m0/s1. The minimum Gasteiger partial charge on any atom is -0.468 e. The number of carbonyl (C=O) groups is 1. The highest BCUT2D eigenvalue weighted by Gasteiger charge is 2.17. The number of nitrogens with zero attached hydrogens (tertiary/aromatic N) is 2. The molecule has 0 unspecified atom stereocenters. The maximum atomic E-state index is 12.7. The Morgan fingerprint density at radius 1 is 1.11 bits per heavy atom. The third-order valence-corrected chi connectivity index (χ3v) is 4.87. The predicted octanol–water partition coefficient (Wildman–Crippen LogP) is 2.58. The third-order valence-electron chi connectivity index (χ3n) is 4.87. The number of pyridine rings is 2. The van der Waals surface area contributed by atoms with E-state index in [4.69, 9.17) is 10.5 Å². The summed E-state index contributed by atoms with van der Waals surface area (Å²) in [7, 11) is 1.32. The van der Waals surface area contributed by atoms with Gasteiger partial charge in [0.15, 0.2) is 0 Å². The molecule has 6 nitrogen and oxygen atoms in total. The smallest absolute Gasteiger partial charge is 0.322 e. The Kier molecular flexibility index (Phi) is 4.63. The second-order valence-corrected chi connectivity index (χ2v) is 6.56. The molecule has 0 spiro atoms. The molecule has 4 rings (SSSR count). The summed E-state index contributed by atoms with van der Waals surface area (Å²) in [5.41, 5.74) is 8.32. The molecule has 0 amide bonds. The van der Waals surface area contributed by atoms with Gasteiger partial charge in [0.1, 0.15) is 6.04 Å². The van der Waals surface area contributed by atoms with Crippen molar-refractivity contribution in [3.8, 4) is 5.69 Å². The van der Waals surface area contributed by atoms with E-state index in [0.29, 0.717) is 6.42 Å². The van der Waals surface area contributed by atoms with Gasteiger partial charge in [0.25, 0.3) is 5.56 Å². The average Bonchev–Trinajstić information content (AvgIpc) is 2.73. The quantitative estimate of drug-likeness (QED) is 0.556. The molecule has 0 aliphatic heterocycles. The molecule has 0 aliphatic carbocycles. The fourth-order valence-corrected chi connectivity index (χ4v) is 3.54. The van der Waals surface area contributed by atoms with Crippen LogP contribution in [0, 0.1) is 0 Å². The predicted molar refractivity (Wildman–Crippen MR) is 109 cm³/mol. The van der Waals surface area contributed by atoms with Gasteiger partial charge in [-0.15, -0.1) is 0 Å². The molecule has 0 bridgehead atoms. The molecule has 0 fully saturated rings. The van der Waals surface area contributed by atoms with E-state index in [1.165, 1.54) is 7.11 Å². The maximum Gasteiger partial charge on any atom is 0.322 e. The van der Waals surface area contributed by atoms with Crippen LogP contribution in [-0.4, -0.2) is 28.7 Å². The molecule has 28 heavy (non-hydrogen) atoms. The lowest BCUT2D eigenvalue weighted by Gasteiger charge is -2.15. The number of methoxy groups -OCH3 is 1. The summed E-state index contributed by atoms with van der Waals surface area (Å²) in [5, 5.41) is 2.73. The monoisotopic (exact) mass is 373 g/mol. The number of fused-ring (bicyclic) bond motifs is 2. The first-order chi connectivity index (χ1) is 13.6. The number of hydrogen-bond acceptors (Lipinski definition) is 5. The number of aromatic nitrogens is 2. The van der Waals surface area contributed by atoms with Crippen molar-refractivity contribution < 1.29 is 9.53 Å². The summed E-state index contributed by atoms with van der Waals surface area (Å²) in [6, 6.07) is 16.0. The van der Waals surface area contributed by atoms with E-state index >= 15 is 0 Å². The van der Waals surface area contributed by atoms with Crippen molar-refractivity contribution in [2.24, 2.45) is 5.73 Å². The number of hydrogen-bond donors (Lipinski definition) is 1. The Bertz CT molecular complexity index is 1250. The van der Waals surface area contributed by atoms with E-state index in [9.17, 15) is 9.59 Å². The number of nitrogens with two attached hydrogens (primary N) is 1. The van der Waals surface area contributed by atoms with Gasteiger partial charge in [-0.1, -0.05) is 30.3 Å². The van der Waals surface area contributed by atoms with Gasteiger partial charge in [0, 0.05) is 29.2 Å². The Morgan fingerprint density at radius 3 is 2.71 bits per heavy atom. The molecule has 140 valence electrons. The van der Waals surface area contributed by atoms with Gasteiger partial charge in [0.05, 0.1) is 18.3 Å². The first-order valence-corrected chi connectivity index (χ1v) is 8.90. The van der Waals surface area contributed by atoms with E-state index in [0.717, 1.165) is 32.9 Å². The highest BCUT2D eigenvalue weighted by molar-refractivity contribution is 5.95. The van der Waals surface area contributed by atoms with Crippen molar-refractivity contribution in [3.05, 3.63) is 82.9 Å². The van der Waals surface area contributed by atoms with Crippen LogP contribution in [0.5, 0.6) is 0 Å². The number of benzene rings is 2. The fraction of sp³-hybridized carbons (Fsp3) is 0.136. The van der Waals surface area contributed by atoms with E-state index in [2.05, 4.69) is 4.98 Å². The van der Waals surface area contributed by atoms with Gasteiger partial charge < -0.3 is 10.5 Å². The molecule has 4 aromatic rings. The topological polar surface area (TPSA) is 87.2 Å². The van der Waals surface area contributed by atoms with Crippen molar-refractivity contribution in [2.45, 2.75) is 12.5 Å². The molecule has 0 saturated carbocycles. The molecule has 1 atom stereocenters. The summed E-state index contributed by atoms with van der Waals surface area (Å²) < 4.78 is 6.42.